The van der Waals surface area contributed by atoms with Gasteiger partial charge in [-0.1, -0.05) is 11.6 Å². The fourth-order valence-electron chi connectivity index (χ4n) is 1.66. The molecule has 1 aromatic carbocycles. The van der Waals surface area contributed by atoms with Gasteiger partial charge in [0.2, 0.25) is 5.82 Å². The van der Waals surface area contributed by atoms with Crippen molar-refractivity contribution in [3.63, 3.8) is 0 Å². The molecule has 0 aliphatic heterocycles. The minimum absolute atomic E-state index is 0.269. The molecule has 1 heterocycles. The average molecular weight is 310 g/mol. The van der Waals surface area contributed by atoms with Crippen LogP contribution in [0.25, 0.3) is 11.1 Å². The molecule has 0 aliphatic rings. The molecule has 0 bridgehead atoms. The molecule has 8 heteroatoms. The molecule has 0 aliphatic carbocycles. The van der Waals surface area contributed by atoms with E-state index in [0.717, 1.165) is 19.4 Å². The zero-order valence-corrected chi connectivity index (χ0v) is 10.5. The number of methoxy groups -OCH3 is 1. The van der Waals surface area contributed by atoms with E-state index in [1.165, 1.54) is 0 Å². The first-order valence-corrected chi connectivity index (χ1v) is 5.48. The highest BCUT2D eigenvalue weighted by Gasteiger charge is 2.28. The van der Waals surface area contributed by atoms with Crippen LogP contribution in [0.5, 0.6) is 5.75 Å². The zero-order valence-electron chi connectivity index (χ0n) is 9.78. The highest BCUT2D eigenvalue weighted by Crippen LogP contribution is 2.39. The van der Waals surface area contributed by atoms with Gasteiger partial charge in [-0.3, -0.25) is 0 Å². The zero-order chi connectivity index (χ0) is 15.0. The number of ether oxygens (including phenoxy) is 1. The number of halogens is 6. The van der Waals surface area contributed by atoms with Gasteiger partial charge in [0.05, 0.1) is 12.7 Å². The lowest BCUT2D eigenvalue weighted by Gasteiger charge is -2.12. The minimum atomic E-state index is -2.23. The van der Waals surface area contributed by atoms with Crippen molar-refractivity contribution in [3.8, 4) is 16.9 Å². The summed E-state index contributed by atoms with van der Waals surface area (Å²) in [5.41, 5.74) is -1.51. The Morgan fingerprint density at radius 2 is 1.45 bits per heavy atom. The first kappa shape index (κ1) is 14.5. The molecule has 0 amide bonds. The molecule has 106 valence electrons. The Labute approximate surface area is 114 Å². The number of benzene rings is 1. The fourth-order valence-corrected chi connectivity index (χ4v) is 1.89. The van der Waals surface area contributed by atoms with Crippen LogP contribution < -0.4 is 4.74 Å². The van der Waals surface area contributed by atoms with Crippen LogP contribution in [0.15, 0.2) is 12.3 Å². The second-order valence-corrected chi connectivity index (χ2v) is 3.99. The molecule has 20 heavy (non-hydrogen) atoms. The monoisotopic (exact) mass is 309 g/mol. The third-order valence-corrected chi connectivity index (χ3v) is 2.81. The highest BCUT2D eigenvalue weighted by molar-refractivity contribution is 6.31. The van der Waals surface area contributed by atoms with E-state index in [9.17, 15) is 22.0 Å². The molecule has 2 rings (SSSR count). The van der Waals surface area contributed by atoms with Gasteiger partial charge in [-0.05, 0) is 6.07 Å². The molecule has 0 spiro atoms. The van der Waals surface area contributed by atoms with Gasteiger partial charge in [0.1, 0.15) is 0 Å². The summed E-state index contributed by atoms with van der Waals surface area (Å²) in [4.78, 5) is 3.59. The van der Waals surface area contributed by atoms with Crippen LogP contribution in [0.4, 0.5) is 22.0 Å². The molecule has 1 aromatic heterocycles. The van der Waals surface area contributed by atoms with Gasteiger partial charge in [-0.2, -0.15) is 0 Å². The Morgan fingerprint density at radius 3 is 1.95 bits per heavy atom. The van der Waals surface area contributed by atoms with E-state index in [0.29, 0.717) is 0 Å². The molecule has 0 saturated carbocycles. The summed E-state index contributed by atoms with van der Waals surface area (Å²) in [6, 6.07) is 1.03. The number of aromatic nitrogens is 1. The Bertz CT molecular complexity index is 663. The Hall–Kier alpha value is -1.89. The maximum Gasteiger partial charge on any atom is 0.200 e. The number of rotatable bonds is 2. The molecular formula is C12H5ClF5NO. The van der Waals surface area contributed by atoms with Crippen molar-refractivity contribution < 1.29 is 26.7 Å². The first-order chi connectivity index (χ1) is 9.40. The molecule has 2 aromatic rings. The number of hydrogen-bond acceptors (Lipinski definition) is 2. The molecular weight excluding hydrogens is 305 g/mol. The molecule has 0 saturated heterocycles. The SMILES string of the molecule is COc1c(-c2c(F)c(F)c(F)c(F)c2F)ccnc1Cl. The predicted molar refractivity (Wildman–Crippen MR) is 61.0 cm³/mol. The molecule has 0 fully saturated rings. The summed E-state index contributed by atoms with van der Waals surface area (Å²) in [5, 5.41) is -0.269. The summed E-state index contributed by atoms with van der Waals surface area (Å²) in [6.07, 6.45) is 1.05. The van der Waals surface area contributed by atoms with Crippen molar-refractivity contribution in [1.82, 2.24) is 4.98 Å². The van der Waals surface area contributed by atoms with E-state index in [-0.39, 0.29) is 16.5 Å². The average Bonchev–Trinajstić information content (AvgIpc) is 2.43. The summed E-state index contributed by atoms with van der Waals surface area (Å²) < 4.78 is 71.5. The third kappa shape index (κ3) is 2.07. The van der Waals surface area contributed by atoms with Gasteiger partial charge in [0.15, 0.2) is 34.2 Å². The van der Waals surface area contributed by atoms with Crippen LogP contribution in [0.3, 0.4) is 0 Å². The standard InChI is InChI=1S/C12H5ClF5NO/c1-20-11-4(2-3-19-12(11)13)5-6(14)8(16)10(18)9(17)7(5)15/h2-3H,1H3. The van der Waals surface area contributed by atoms with E-state index in [1.807, 2.05) is 0 Å². The maximum absolute atomic E-state index is 13.7. The van der Waals surface area contributed by atoms with Gasteiger partial charge < -0.3 is 4.74 Å². The van der Waals surface area contributed by atoms with Gasteiger partial charge in [0.25, 0.3) is 0 Å². The van der Waals surface area contributed by atoms with Crippen molar-refractivity contribution in [2.24, 2.45) is 0 Å². The van der Waals surface area contributed by atoms with E-state index < -0.39 is 34.6 Å². The molecule has 0 N–H and O–H groups in total. The van der Waals surface area contributed by atoms with E-state index >= 15 is 0 Å². The normalized spacial score (nSPS) is 10.8. The van der Waals surface area contributed by atoms with Gasteiger partial charge in [-0.15, -0.1) is 0 Å². The second kappa shape index (κ2) is 5.24. The maximum atomic E-state index is 13.7. The number of pyridine rings is 1. The quantitative estimate of drug-likeness (QED) is 0.360. The Balaban J connectivity index is 2.87. The highest BCUT2D eigenvalue weighted by atomic mass is 35.5. The van der Waals surface area contributed by atoms with Crippen LogP contribution in [0, 0.1) is 29.1 Å². The van der Waals surface area contributed by atoms with Gasteiger partial charge in [-0.25, -0.2) is 26.9 Å². The van der Waals surface area contributed by atoms with Crippen LogP contribution >= 0.6 is 11.6 Å². The van der Waals surface area contributed by atoms with Crippen molar-refractivity contribution in [1.29, 1.82) is 0 Å². The fraction of sp³-hybridized carbons (Fsp3) is 0.0833. The van der Waals surface area contributed by atoms with Crippen LogP contribution in [0.2, 0.25) is 5.15 Å². The van der Waals surface area contributed by atoms with Crippen molar-refractivity contribution in [3.05, 3.63) is 46.5 Å². The largest absolute Gasteiger partial charge is 0.493 e. The Morgan fingerprint density at radius 1 is 0.950 bits per heavy atom. The number of hydrogen-bond donors (Lipinski definition) is 0. The van der Waals surface area contributed by atoms with E-state index in [2.05, 4.69) is 4.98 Å². The second-order valence-electron chi connectivity index (χ2n) is 3.63. The van der Waals surface area contributed by atoms with Gasteiger partial charge in [0, 0.05) is 11.8 Å². The topological polar surface area (TPSA) is 22.1 Å². The summed E-state index contributed by atoms with van der Waals surface area (Å²) in [6.45, 7) is 0. The van der Waals surface area contributed by atoms with Crippen LogP contribution in [0.1, 0.15) is 0 Å². The summed E-state index contributed by atoms with van der Waals surface area (Å²) in [7, 11) is 1.12. The molecule has 0 unspecified atom stereocenters. The third-order valence-electron chi connectivity index (χ3n) is 2.54. The van der Waals surface area contributed by atoms with Crippen molar-refractivity contribution in [2.75, 3.05) is 7.11 Å². The van der Waals surface area contributed by atoms with Crippen LogP contribution in [-0.2, 0) is 0 Å². The predicted octanol–water partition coefficient (Wildman–Crippen LogP) is 4.11. The molecule has 0 radical (unpaired) electrons. The van der Waals surface area contributed by atoms with Crippen molar-refractivity contribution in [2.45, 2.75) is 0 Å². The Kier molecular flexibility index (Phi) is 3.80. The molecule has 0 atom stereocenters. The van der Waals surface area contributed by atoms with Crippen LogP contribution in [-0.4, -0.2) is 12.1 Å². The number of nitrogens with zero attached hydrogens (tertiary/aromatic N) is 1. The van der Waals surface area contributed by atoms with E-state index in [4.69, 9.17) is 16.3 Å². The lowest BCUT2D eigenvalue weighted by atomic mass is 10.0. The lowest BCUT2D eigenvalue weighted by molar-refractivity contribution is 0.379. The van der Waals surface area contributed by atoms with Crippen molar-refractivity contribution >= 4 is 11.6 Å². The smallest absolute Gasteiger partial charge is 0.200 e. The van der Waals surface area contributed by atoms with E-state index in [1.54, 1.807) is 0 Å². The molecule has 2 nitrogen and oxygen atoms in total. The first-order valence-electron chi connectivity index (χ1n) is 5.10. The minimum Gasteiger partial charge on any atom is -0.493 e. The summed E-state index contributed by atoms with van der Waals surface area (Å²) in [5.74, 6) is -10.6. The summed E-state index contributed by atoms with van der Waals surface area (Å²) >= 11 is 5.65. The lowest BCUT2D eigenvalue weighted by Crippen LogP contribution is -2.05. The van der Waals surface area contributed by atoms with Gasteiger partial charge >= 0.3 is 0 Å².